The highest BCUT2D eigenvalue weighted by molar-refractivity contribution is 5.51. The topological polar surface area (TPSA) is 96.4 Å². The number of ether oxygens (including phenoxy) is 1. The smallest absolute Gasteiger partial charge is 0.311 e. The Hall–Kier alpha value is -2.91. The number of para-hydroxylation sites is 2. The molecule has 2 aromatic rings. The predicted molar refractivity (Wildman–Crippen MR) is 75.0 cm³/mol. The van der Waals surface area contributed by atoms with Crippen LogP contribution in [-0.4, -0.2) is 10.0 Å². The maximum absolute atomic E-state index is 11.0. The highest BCUT2D eigenvalue weighted by Crippen LogP contribution is 2.35. The number of nitro benzene ring substituents is 1. The highest BCUT2D eigenvalue weighted by Gasteiger charge is 2.17. The second kappa shape index (κ2) is 6.03. The van der Waals surface area contributed by atoms with Crippen LogP contribution in [0.15, 0.2) is 42.5 Å². The number of hydrogen-bond donors (Lipinski definition) is 1. The summed E-state index contributed by atoms with van der Waals surface area (Å²) >= 11 is 0. The molecule has 2 rings (SSSR count). The minimum Gasteiger partial charge on any atom is -0.450 e. The molecule has 0 aliphatic rings. The van der Waals surface area contributed by atoms with Gasteiger partial charge in [0.25, 0.3) is 0 Å². The predicted octanol–water partition coefficient (Wildman–Crippen LogP) is 3.31. The highest BCUT2D eigenvalue weighted by atomic mass is 16.6. The molecule has 6 nitrogen and oxygen atoms in total. The van der Waals surface area contributed by atoms with Gasteiger partial charge in [0.15, 0.2) is 0 Å². The van der Waals surface area contributed by atoms with E-state index in [9.17, 15) is 15.2 Å². The molecule has 0 aromatic heterocycles. The fourth-order valence-corrected chi connectivity index (χ4v) is 1.85. The average Bonchev–Trinajstić information content (AvgIpc) is 2.47. The normalized spacial score (nSPS) is 11.5. The van der Waals surface area contributed by atoms with E-state index < -0.39 is 11.0 Å². The van der Waals surface area contributed by atoms with E-state index in [1.165, 1.54) is 24.3 Å². The molecule has 1 N–H and O–H groups in total. The van der Waals surface area contributed by atoms with Crippen LogP contribution in [0.25, 0.3) is 0 Å². The molecule has 0 unspecified atom stereocenters. The van der Waals surface area contributed by atoms with Crippen LogP contribution < -0.4 is 4.74 Å². The van der Waals surface area contributed by atoms with Crippen LogP contribution in [0.5, 0.6) is 11.5 Å². The Morgan fingerprint density at radius 3 is 2.62 bits per heavy atom. The lowest BCUT2D eigenvalue weighted by Gasteiger charge is -2.13. The fraction of sp³-hybridized carbons (Fsp3) is 0.133. The monoisotopic (exact) mass is 284 g/mol. The van der Waals surface area contributed by atoms with Crippen LogP contribution in [0.1, 0.15) is 24.2 Å². The minimum atomic E-state index is -0.824. The van der Waals surface area contributed by atoms with Crippen LogP contribution in [-0.2, 0) is 0 Å². The molecule has 0 aliphatic carbocycles. The quantitative estimate of drug-likeness (QED) is 0.686. The first kappa shape index (κ1) is 14.5. The Morgan fingerprint density at radius 1 is 1.29 bits per heavy atom. The molecule has 0 saturated carbocycles. The van der Waals surface area contributed by atoms with Crippen LogP contribution in [0.3, 0.4) is 0 Å². The average molecular weight is 284 g/mol. The van der Waals surface area contributed by atoms with Crippen molar-refractivity contribution < 1.29 is 14.8 Å². The first-order valence-corrected chi connectivity index (χ1v) is 6.16. The molecule has 6 heteroatoms. The first-order chi connectivity index (χ1) is 10.0. The van der Waals surface area contributed by atoms with Crippen molar-refractivity contribution in [3.05, 3.63) is 63.7 Å². The number of aliphatic hydroxyl groups is 1. The van der Waals surface area contributed by atoms with Gasteiger partial charge < -0.3 is 9.84 Å². The Bertz CT molecular complexity index is 720. The maximum Gasteiger partial charge on any atom is 0.311 e. The molecule has 0 spiro atoms. The summed E-state index contributed by atoms with van der Waals surface area (Å²) in [6.45, 7) is 1.55. The summed E-state index contributed by atoms with van der Waals surface area (Å²) in [7, 11) is 0. The zero-order valence-electron chi connectivity index (χ0n) is 11.2. The Kier molecular flexibility index (Phi) is 4.16. The Labute approximate surface area is 121 Å². The SMILES string of the molecule is C[C@H](O)c1ccc(C#N)cc1Oc1ccccc1[N+](=O)[O-]. The van der Waals surface area contributed by atoms with E-state index in [-0.39, 0.29) is 17.2 Å². The Balaban J connectivity index is 2.48. The van der Waals surface area contributed by atoms with Gasteiger partial charge in [-0.05, 0) is 25.1 Å². The molecule has 0 bridgehead atoms. The molecule has 21 heavy (non-hydrogen) atoms. The van der Waals surface area contributed by atoms with E-state index in [0.29, 0.717) is 11.1 Å². The van der Waals surface area contributed by atoms with Crippen LogP contribution in [0, 0.1) is 21.4 Å². The van der Waals surface area contributed by atoms with E-state index in [4.69, 9.17) is 10.00 Å². The van der Waals surface area contributed by atoms with Crippen molar-refractivity contribution in [3.63, 3.8) is 0 Å². The third-order valence-electron chi connectivity index (χ3n) is 2.87. The third kappa shape index (κ3) is 3.16. The van der Waals surface area contributed by atoms with E-state index >= 15 is 0 Å². The van der Waals surface area contributed by atoms with E-state index in [0.717, 1.165) is 0 Å². The zero-order valence-corrected chi connectivity index (χ0v) is 11.2. The molecular formula is C15H12N2O4. The van der Waals surface area contributed by atoms with Gasteiger partial charge in [-0.2, -0.15) is 5.26 Å². The number of hydrogen-bond acceptors (Lipinski definition) is 5. The number of nitro groups is 1. The van der Waals surface area contributed by atoms with Gasteiger partial charge in [0, 0.05) is 11.6 Å². The van der Waals surface area contributed by atoms with Crippen molar-refractivity contribution in [2.45, 2.75) is 13.0 Å². The van der Waals surface area contributed by atoms with Crippen LogP contribution in [0.2, 0.25) is 0 Å². The molecule has 0 heterocycles. The molecule has 0 aliphatic heterocycles. The van der Waals surface area contributed by atoms with Crippen molar-refractivity contribution in [2.24, 2.45) is 0 Å². The molecule has 2 aromatic carbocycles. The number of nitriles is 1. The summed E-state index contributed by atoms with van der Waals surface area (Å²) in [5.41, 5.74) is 0.608. The van der Waals surface area contributed by atoms with Gasteiger partial charge in [-0.25, -0.2) is 0 Å². The Morgan fingerprint density at radius 2 is 2.00 bits per heavy atom. The second-order valence-corrected chi connectivity index (χ2v) is 4.37. The lowest BCUT2D eigenvalue weighted by Crippen LogP contribution is -1.99. The van der Waals surface area contributed by atoms with E-state index in [2.05, 4.69) is 0 Å². The summed E-state index contributed by atoms with van der Waals surface area (Å²) in [4.78, 5) is 10.4. The zero-order chi connectivity index (χ0) is 15.4. The van der Waals surface area contributed by atoms with Crippen molar-refractivity contribution >= 4 is 5.69 Å². The molecule has 0 amide bonds. The van der Waals surface area contributed by atoms with Gasteiger partial charge in [0.05, 0.1) is 22.7 Å². The van der Waals surface area contributed by atoms with Crippen molar-refractivity contribution in [1.29, 1.82) is 5.26 Å². The summed E-state index contributed by atoms with van der Waals surface area (Å²) < 4.78 is 5.55. The summed E-state index contributed by atoms with van der Waals surface area (Å²) in [5, 5.41) is 29.6. The largest absolute Gasteiger partial charge is 0.450 e. The number of nitrogens with zero attached hydrogens (tertiary/aromatic N) is 2. The molecule has 106 valence electrons. The third-order valence-corrected chi connectivity index (χ3v) is 2.87. The van der Waals surface area contributed by atoms with Gasteiger partial charge in [0.1, 0.15) is 5.75 Å². The number of rotatable bonds is 4. The van der Waals surface area contributed by atoms with Gasteiger partial charge in [-0.1, -0.05) is 18.2 Å². The lowest BCUT2D eigenvalue weighted by atomic mass is 10.1. The number of benzene rings is 2. The fourth-order valence-electron chi connectivity index (χ4n) is 1.85. The molecular weight excluding hydrogens is 272 g/mol. The first-order valence-electron chi connectivity index (χ1n) is 6.16. The van der Waals surface area contributed by atoms with Crippen LogP contribution >= 0.6 is 0 Å². The molecule has 0 saturated heterocycles. The maximum atomic E-state index is 11.0. The summed E-state index contributed by atoms with van der Waals surface area (Å²) in [6, 6.07) is 12.4. The van der Waals surface area contributed by atoms with E-state index in [1.54, 1.807) is 25.1 Å². The van der Waals surface area contributed by atoms with E-state index in [1.807, 2.05) is 6.07 Å². The molecule has 0 radical (unpaired) electrons. The minimum absolute atomic E-state index is 0.0551. The van der Waals surface area contributed by atoms with Crippen molar-refractivity contribution in [2.75, 3.05) is 0 Å². The van der Waals surface area contributed by atoms with Gasteiger partial charge >= 0.3 is 5.69 Å². The van der Waals surface area contributed by atoms with Gasteiger partial charge in [-0.3, -0.25) is 10.1 Å². The summed E-state index contributed by atoms with van der Waals surface area (Å²) in [6.07, 6.45) is -0.824. The van der Waals surface area contributed by atoms with Gasteiger partial charge in [-0.15, -0.1) is 0 Å². The lowest BCUT2D eigenvalue weighted by molar-refractivity contribution is -0.385. The molecule has 0 fully saturated rings. The van der Waals surface area contributed by atoms with Crippen LogP contribution in [0.4, 0.5) is 5.69 Å². The van der Waals surface area contributed by atoms with Crippen molar-refractivity contribution in [1.82, 2.24) is 0 Å². The standard InChI is InChI=1S/C15H12N2O4/c1-10(18)12-7-6-11(9-16)8-15(12)21-14-5-3-2-4-13(14)17(19)20/h2-8,10,18H,1H3/t10-/m0/s1. The van der Waals surface area contributed by atoms with Gasteiger partial charge in [0.2, 0.25) is 5.75 Å². The number of aliphatic hydroxyl groups excluding tert-OH is 1. The second-order valence-electron chi connectivity index (χ2n) is 4.37. The summed E-state index contributed by atoms with van der Waals surface area (Å²) in [5.74, 6) is 0.276. The van der Waals surface area contributed by atoms with Crippen molar-refractivity contribution in [3.8, 4) is 17.6 Å². The molecule has 1 atom stereocenters.